The van der Waals surface area contributed by atoms with Gasteiger partial charge in [-0.05, 0) is 30.2 Å². The van der Waals surface area contributed by atoms with Gasteiger partial charge in [0.25, 0.3) is 0 Å². The lowest BCUT2D eigenvalue weighted by atomic mass is 10.1. The lowest BCUT2D eigenvalue weighted by Gasteiger charge is -2.18. The molecule has 20 heavy (non-hydrogen) atoms. The largest absolute Gasteiger partial charge is 0.399 e. The average Bonchev–Trinajstić information content (AvgIpc) is 2.49. The number of nitrogens with one attached hydrogen (secondary N) is 1. The van der Waals surface area contributed by atoms with Crippen LogP contribution < -0.4 is 11.1 Å². The number of aliphatic hydroxyl groups is 1. The summed E-state index contributed by atoms with van der Waals surface area (Å²) in [6.07, 6.45) is 0.687. The molecule has 0 aliphatic carbocycles. The molecular weight excluding hydrogens is 250 g/mol. The normalized spacial score (nSPS) is 11.6. The predicted octanol–water partition coefficient (Wildman–Crippen LogP) is 2.16. The van der Waals surface area contributed by atoms with E-state index in [1.54, 1.807) is 18.2 Å². The molecule has 2 aromatic carbocycles. The lowest BCUT2D eigenvalue weighted by Crippen LogP contribution is -2.26. The Morgan fingerprint density at radius 1 is 1.20 bits per heavy atom. The van der Waals surface area contributed by atoms with Crippen molar-refractivity contribution in [3.05, 3.63) is 59.7 Å². The second-order valence-electron chi connectivity index (χ2n) is 4.63. The molecule has 0 radical (unpaired) electrons. The molecule has 1 unspecified atom stereocenters. The van der Waals surface area contributed by atoms with Crippen LogP contribution in [0.4, 0.5) is 11.4 Å². The number of nitrogens with zero attached hydrogens (tertiary/aromatic N) is 1. The van der Waals surface area contributed by atoms with Crippen molar-refractivity contribution >= 4 is 11.4 Å². The highest BCUT2D eigenvalue weighted by Gasteiger charge is 2.11. The van der Waals surface area contributed by atoms with Gasteiger partial charge in [0.05, 0.1) is 23.9 Å². The standard InChI is InChI=1S/C16H17N3O/c17-10-13-9-14(18)6-7-16(13)19-15(11-20)8-12-4-2-1-3-5-12/h1-7,9,15,19-20H,8,11,18H2. The maximum atomic E-state index is 9.50. The number of hydrogen-bond acceptors (Lipinski definition) is 4. The van der Waals surface area contributed by atoms with E-state index < -0.39 is 0 Å². The fraction of sp³-hybridized carbons (Fsp3) is 0.188. The monoisotopic (exact) mass is 267 g/mol. The number of nitrogen functional groups attached to an aromatic ring is 1. The van der Waals surface area contributed by atoms with E-state index in [-0.39, 0.29) is 12.6 Å². The highest BCUT2D eigenvalue weighted by molar-refractivity contribution is 5.63. The van der Waals surface area contributed by atoms with E-state index >= 15 is 0 Å². The van der Waals surface area contributed by atoms with Gasteiger partial charge in [-0.2, -0.15) is 5.26 Å². The molecule has 4 nitrogen and oxygen atoms in total. The predicted molar refractivity (Wildman–Crippen MR) is 80.2 cm³/mol. The third-order valence-corrected chi connectivity index (χ3v) is 3.07. The summed E-state index contributed by atoms with van der Waals surface area (Å²) in [5.74, 6) is 0. The summed E-state index contributed by atoms with van der Waals surface area (Å²) in [7, 11) is 0. The lowest BCUT2D eigenvalue weighted by molar-refractivity contribution is 0.273. The second-order valence-corrected chi connectivity index (χ2v) is 4.63. The number of nitrogens with two attached hydrogens (primary N) is 1. The van der Waals surface area contributed by atoms with Crippen LogP contribution in [0.1, 0.15) is 11.1 Å². The molecule has 0 spiro atoms. The fourth-order valence-electron chi connectivity index (χ4n) is 2.06. The number of anilines is 2. The Morgan fingerprint density at radius 3 is 2.60 bits per heavy atom. The van der Waals surface area contributed by atoms with Crippen LogP contribution in [0.3, 0.4) is 0 Å². The molecule has 0 fully saturated rings. The number of benzene rings is 2. The molecule has 0 saturated heterocycles. The number of nitriles is 1. The Bertz CT molecular complexity index is 605. The number of rotatable bonds is 5. The van der Waals surface area contributed by atoms with Gasteiger partial charge in [0, 0.05) is 5.69 Å². The summed E-state index contributed by atoms with van der Waals surface area (Å²) in [5.41, 5.74) is 8.52. The van der Waals surface area contributed by atoms with Gasteiger partial charge in [0.2, 0.25) is 0 Å². The van der Waals surface area contributed by atoms with Crippen LogP contribution in [0.2, 0.25) is 0 Å². The first kappa shape index (κ1) is 13.9. The summed E-state index contributed by atoms with van der Waals surface area (Å²) in [6, 6.07) is 17.0. The molecule has 0 aliphatic heterocycles. The van der Waals surface area contributed by atoms with Gasteiger partial charge < -0.3 is 16.2 Å². The highest BCUT2D eigenvalue weighted by atomic mass is 16.3. The zero-order chi connectivity index (χ0) is 14.4. The van der Waals surface area contributed by atoms with Gasteiger partial charge in [0.15, 0.2) is 0 Å². The third-order valence-electron chi connectivity index (χ3n) is 3.07. The molecule has 0 amide bonds. The van der Waals surface area contributed by atoms with Crippen LogP contribution >= 0.6 is 0 Å². The summed E-state index contributed by atoms with van der Waals surface area (Å²) in [6.45, 7) is -0.00978. The minimum Gasteiger partial charge on any atom is -0.399 e. The third kappa shape index (κ3) is 3.50. The van der Waals surface area contributed by atoms with E-state index in [0.29, 0.717) is 23.4 Å². The van der Waals surface area contributed by atoms with Crippen LogP contribution in [0.5, 0.6) is 0 Å². The molecule has 0 saturated carbocycles. The van der Waals surface area contributed by atoms with Crippen LogP contribution in [0.15, 0.2) is 48.5 Å². The Labute approximate surface area is 118 Å². The van der Waals surface area contributed by atoms with E-state index in [9.17, 15) is 5.11 Å². The minimum atomic E-state index is -0.145. The van der Waals surface area contributed by atoms with Crippen molar-refractivity contribution in [3.8, 4) is 6.07 Å². The summed E-state index contributed by atoms with van der Waals surface area (Å²) < 4.78 is 0. The SMILES string of the molecule is N#Cc1cc(N)ccc1NC(CO)Cc1ccccc1. The summed E-state index contributed by atoms with van der Waals surface area (Å²) >= 11 is 0. The molecule has 102 valence electrons. The maximum absolute atomic E-state index is 9.50. The van der Waals surface area contributed by atoms with Gasteiger partial charge >= 0.3 is 0 Å². The first-order chi connectivity index (χ1) is 9.72. The van der Waals surface area contributed by atoms with Gasteiger partial charge in [-0.1, -0.05) is 30.3 Å². The Hall–Kier alpha value is -2.51. The van der Waals surface area contributed by atoms with Crippen molar-refractivity contribution in [1.82, 2.24) is 0 Å². The molecular formula is C16H17N3O. The summed E-state index contributed by atoms with van der Waals surface area (Å²) in [4.78, 5) is 0. The topological polar surface area (TPSA) is 82.1 Å². The molecule has 1 atom stereocenters. The van der Waals surface area contributed by atoms with E-state index in [2.05, 4.69) is 11.4 Å². The summed E-state index contributed by atoms with van der Waals surface area (Å²) in [5, 5.41) is 21.8. The Kier molecular flexibility index (Phi) is 4.59. The van der Waals surface area contributed by atoms with Crippen LogP contribution in [-0.4, -0.2) is 17.8 Å². The van der Waals surface area contributed by atoms with Gasteiger partial charge in [-0.25, -0.2) is 0 Å². The Balaban J connectivity index is 2.13. The van der Waals surface area contributed by atoms with Gasteiger partial charge in [0.1, 0.15) is 6.07 Å². The van der Waals surface area contributed by atoms with Crippen molar-refractivity contribution in [2.24, 2.45) is 0 Å². The van der Waals surface area contributed by atoms with E-state index in [1.807, 2.05) is 30.3 Å². The molecule has 0 aromatic heterocycles. The zero-order valence-electron chi connectivity index (χ0n) is 11.1. The van der Waals surface area contributed by atoms with Crippen LogP contribution in [0, 0.1) is 11.3 Å². The molecule has 4 N–H and O–H groups in total. The number of aliphatic hydroxyl groups excluding tert-OH is 1. The number of hydrogen-bond donors (Lipinski definition) is 3. The van der Waals surface area contributed by atoms with Gasteiger partial charge in [-0.3, -0.25) is 0 Å². The van der Waals surface area contributed by atoms with Crippen molar-refractivity contribution in [2.75, 3.05) is 17.7 Å². The molecule has 0 bridgehead atoms. The van der Waals surface area contributed by atoms with E-state index in [1.165, 1.54) is 0 Å². The molecule has 2 rings (SSSR count). The van der Waals surface area contributed by atoms with Crippen molar-refractivity contribution in [1.29, 1.82) is 5.26 Å². The van der Waals surface area contributed by atoms with Crippen molar-refractivity contribution in [2.45, 2.75) is 12.5 Å². The Morgan fingerprint density at radius 2 is 1.95 bits per heavy atom. The van der Waals surface area contributed by atoms with Crippen molar-refractivity contribution in [3.63, 3.8) is 0 Å². The highest BCUT2D eigenvalue weighted by Crippen LogP contribution is 2.19. The molecule has 0 aliphatic rings. The smallest absolute Gasteiger partial charge is 0.101 e. The van der Waals surface area contributed by atoms with Crippen molar-refractivity contribution < 1.29 is 5.11 Å². The van der Waals surface area contributed by atoms with E-state index in [0.717, 1.165) is 5.56 Å². The molecule has 2 aromatic rings. The van der Waals surface area contributed by atoms with Crippen LogP contribution in [-0.2, 0) is 6.42 Å². The van der Waals surface area contributed by atoms with E-state index in [4.69, 9.17) is 11.0 Å². The maximum Gasteiger partial charge on any atom is 0.101 e. The average molecular weight is 267 g/mol. The molecule has 4 heteroatoms. The fourth-order valence-corrected chi connectivity index (χ4v) is 2.06. The zero-order valence-corrected chi connectivity index (χ0v) is 11.1. The minimum absolute atomic E-state index is 0.00978. The molecule has 0 heterocycles. The van der Waals surface area contributed by atoms with Gasteiger partial charge in [-0.15, -0.1) is 0 Å². The second kappa shape index (κ2) is 6.60. The first-order valence-electron chi connectivity index (χ1n) is 6.44. The quantitative estimate of drug-likeness (QED) is 0.725. The van der Waals surface area contributed by atoms with Crippen LogP contribution in [0.25, 0.3) is 0 Å². The first-order valence-corrected chi connectivity index (χ1v) is 6.44.